The Labute approximate surface area is 107 Å². The summed E-state index contributed by atoms with van der Waals surface area (Å²) in [5.41, 5.74) is 6.59. The van der Waals surface area contributed by atoms with Crippen molar-refractivity contribution < 1.29 is 19.0 Å². The lowest BCUT2D eigenvalue weighted by Crippen LogP contribution is -2.10. The number of nitrogens with two attached hydrogens (primary N) is 1. The minimum atomic E-state index is -0.443. The highest BCUT2D eigenvalue weighted by Gasteiger charge is 2.20. The van der Waals surface area contributed by atoms with E-state index in [1.165, 1.54) is 0 Å². The van der Waals surface area contributed by atoms with Crippen LogP contribution in [0.5, 0.6) is 11.5 Å². The summed E-state index contributed by atoms with van der Waals surface area (Å²) in [5, 5.41) is 0. The van der Waals surface area contributed by atoms with Crippen molar-refractivity contribution in [3.63, 3.8) is 0 Å². The number of hydrogen-bond donors (Lipinski definition) is 1. The monoisotopic (exact) mass is 253 g/mol. The van der Waals surface area contributed by atoms with Gasteiger partial charge in [-0.3, -0.25) is 0 Å². The molecule has 0 aliphatic heterocycles. The van der Waals surface area contributed by atoms with E-state index in [1.54, 1.807) is 19.1 Å². The maximum Gasteiger partial charge on any atom is 0.342 e. The summed E-state index contributed by atoms with van der Waals surface area (Å²) in [4.78, 5) is 11.8. The van der Waals surface area contributed by atoms with E-state index < -0.39 is 5.97 Å². The molecule has 0 bridgehead atoms. The molecule has 0 unspecified atom stereocenters. The summed E-state index contributed by atoms with van der Waals surface area (Å²) < 4.78 is 15.9. The van der Waals surface area contributed by atoms with Gasteiger partial charge in [0.15, 0.2) is 11.5 Å². The molecule has 0 aliphatic carbocycles. The van der Waals surface area contributed by atoms with E-state index >= 15 is 0 Å². The molecule has 1 rings (SSSR count). The number of carbonyl (C=O) groups is 1. The Bertz CT molecular complexity index is 418. The summed E-state index contributed by atoms with van der Waals surface area (Å²) >= 11 is 0. The van der Waals surface area contributed by atoms with Crippen LogP contribution in [0.1, 0.15) is 31.1 Å². The molecule has 0 spiro atoms. The normalized spacial score (nSPS) is 9.94. The third-order valence-electron chi connectivity index (χ3n) is 2.22. The Morgan fingerprint density at radius 2 is 1.67 bits per heavy atom. The molecule has 1 aromatic rings. The van der Waals surface area contributed by atoms with E-state index in [0.717, 1.165) is 0 Å². The number of nitrogen functional groups attached to an aromatic ring is 1. The second kappa shape index (κ2) is 6.74. The summed E-state index contributed by atoms with van der Waals surface area (Å²) in [6.07, 6.45) is 0. The average Bonchev–Trinajstić information content (AvgIpc) is 2.34. The van der Waals surface area contributed by atoms with Gasteiger partial charge in [0.05, 0.1) is 25.5 Å². The van der Waals surface area contributed by atoms with Crippen molar-refractivity contribution in [3.05, 3.63) is 17.7 Å². The molecule has 0 amide bonds. The quantitative estimate of drug-likeness (QED) is 0.622. The Hall–Kier alpha value is -1.91. The highest BCUT2D eigenvalue weighted by atomic mass is 16.5. The molecule has 0 atom stereocenters. The zero-order valence-corrected chi connectivity index (χ0v) is 11.0. The first kappa shape index (κ1) is 14.2. The lowest BCUT2D eigenvalue weighted by Gasteiger charge is -2.16. The molecule has 0 saturated heterocycles. The van der Waals surface area contributed by atoms with E-state index in [9.17, 15) is 4.79 Å². The summed E-state index contributed by atoms with van der Waals surface area (Å²) in [7, 11) is 0. The molecule has 0 fully saturated rings. The maximum absolute atomic E-state index is 11.8. The molecule has 0 aromatic heterocycles. The standard InChI is InChI=1S/C13H19NO4/c1-4-16-11-9(13(15)18-6-3)7-8-10(14)12(11)17-5-2/h7-8H,4-6,14H2,1-3H3. The van der Waals surface area contributed by atoms with Gasteiger partial charge in [-0.25, -0.2) is 4.79 Å². The van der Waals surface area contributed by atoms with Crippen LogP contribution in [0.3, 0.4) is 0 Å². The summed E-state index contributed by atoms with van der Waals surface area (Å²) in [6.45, 7) is 6.57. The van der Waals surface area contributed by atoms with Gasteiger partial charge in [0.1, 0.15) is 5.56 Å². The highest BCUT2D eigenvalue weighted by Crippen LogP contribution is 2.37. The van der Waals surface area contributed by atoms with Crippen molar-refractivity contribution in [2.45, 2.75) is 20.8 Å². The van der Waals surface area contributed by atoms with Crippen LogP contribution in [0, 0.1) is 0 Å². The number of benzene rings is 1. The molecule has 5 nitrogen and oxygen atoms in total. The fraction of sp³-hybridized carbons (Fsp3) is 0.462. The molecule has 0 saturated carbocycles. The van der Waals surface area contributed by atoms with Crippen LogP contribution in [0.15, 0.2) is 12.1 Å². The van der Waals surface area contributed by atoms with Crippen molar-refractivity contribution in [3.8, 4) is 11.5 Å². The fourth-order valence-electron chi connectivity index (χ4n) is 1.53. The predicted octanol–water partition coefficient (Wildman–Crippen LogP) is 2.24. The van der Waals surface area contributed by atoms with Gasteiger partial charge < -0.3 is 19.9 Å². The van der Waals surface area contributed by atoms with E-state index in [0.29, 0.717) is 42.6 Å². The Kier molecular flexibility index (Phi) is 5.30. The largest absolute Gasteiger partial charge is 0.489 e. The van der Waals surface area contributed by atoms with Crippen LogP contribution >= 0.6 is 0 Å². The second-order valence-electron chi connectivity index (χ2n) is 3.45. The van der Waals surface area contributed by atoms with Gasteiger partial charge in [0.2, 0.25) is 0 Å². The van der Waals surface area contributed by atoms with E-state index in [2.05, 4.69) is 0 Å². The van der Waals surface area contributed by atoms with Crippen molar-refractivity contribution in [2.75, 3.05) is 25.6 Å². The Morgan fingerprint density at radius 1 is 1.06 bits per heavy atom. The zero-order chi connectivity index (χ0) is 13.5. The lowest BCUT2D eigenvalue weighted by atomic mass is 10.1. The fourth-order valence-corrected chi connectivity index (χ4v) is 1.53. The maximum atomic E-state index is 11.8. The summed E-state index contributed by atoms with van der Waals surface area (Å²) in [6, 6.07) is 3.20. The van der Waals surface area contributed by atoms with Gasteiger partial charge in [-0.15, -0.1) is 0 Å². The zero-order valence-electron chi connectivity index (χ0n) is 11.0. The van der Waals surface area contributed by atoms with Crippen LogP contribution in [0.2, 0.25) is 0 Å². The predicted molar refractivity (Wildman–Crippen MR) is 69.1 cm³/mol. The topological polar surface area (TPSA) is 70.8 Å². The molecule has 2 N–H and O–H groups in total. The number of anilines is 1. The number of carbonyl (C=O) groups excluding carboxylic acids is 1. The molecule has 1 aromatic carbocycles. The van der Waals surface area contributed by atoms with Crippen LogP contribution < -0.4 is 15.2 Å². The van der Waals surface area contributed by atoms with Gasteiger partial charge in [-0.1, -0.05) is 0 Å². The van der Waals surface area contributed by atoms with Crippen LogP contribution in [0.4, 0.5) is 5.69 Å². The molecular weight excluding hydrogens is 234 g/mol. The van der Waals surface area contributed by atoms with Gasteiger partial charge >= 0.3 is 5.97 Å². The molecule has 100 valence electrons. The molecule has 5 heteroatoms. The summed E-state index contributed by atoms with van der Waals surface area (Å²) in [5.74, 6) is 0.296. The minimum Gasteiger partial charge on any atom is -0.489 e. The van der Waals surface area contributed by atoms with Gasteiger partial charge in [0, 0.05) is 0 Å². The second-order valence-corrected chi connectivity index (χ2v) is 3.45. The minimum absolute atomic E-state index is 0.304. The van der Waals surface area contributed by atoms with E-state index in [-0.39, 0.29) is 0 Å². The Morgan fingerprint density at radius 3 is 2.22 bits per heavy atom. The molecular formula is C13H19NO4. The molecule has 0 radical (unpaired) electrons. The number of hydrogen-bond acceptors (Lipinski definition) is 5. The van der Waals surface area contributed by atoms with Gasteiger partial charge in [-0.05, 0) is 32.9 Å². The van der Waals surface area contributed by atoms with E-state index in [1.807, 2.05) is 13.8 Å². The first-order valence-corrected chi connectivity index (χ1v) is 6.00. The smallest absolute Gasteiger partial charge is 0.342 e. The van der Waals surface area contributed by atoms with Crippen molar-refractivity contribution in [1.82, 2.24) is 0 Å². The van der Waals surface area contributed by atoms with Crippen LogP contribution in [0.25, 0.3) is 0 Å². The molecule has 0 heterocycles. The number of rotatable bonds is 6. The van der Waals surface area contributed by atoms with Crippen LogP contribution in [-0.4, -0.2) is 25.8 Å². The average molecular weight is 253 g/mol. The Balaban J connectivity index is 3.24. The van der Waals surface area contributed by atoms with Crippen molar-refractivity contribution in [1.29, 1.82) is 0 Å². The third kappa shape index (κ3) is 3.06. The third-order valence-corrected chi connectivity index (χ3v) is 2.22. The van der Waals surface area contributed by atoms with Gasteiger partial charge in [0.25, 0.3) is 0 Å². The SMILES string of the molecule is CCOC(=O)c1ccc(N)c(OCC)c1OCC. The number of esters is 1. The first-order valence-electron chi connectivity index (χ1n) is 6.00. The van der Waals surface area contributed by atoms with Crippen LogP contribution in [-0.2, 0) is 4.74 Å². The lowest BCUT2D eigenvalue weighted by molar-refractivity contribution is 0.0521. The molecule has 18 heavy (non-hydrogen) atoms. The first-order chi connectivity index (χ1) is 8.65. The highest BCUT2D eigenvalue weighted by molar-refractivity contribution is 5.94. The van der Waals surface area contributed by atoms with Gasteiger partial charge in [-0.2, -0.15) is 0 Å². The van der Waals surface area contributed by atoms with Crippen molar-refractivity contribution in [2.24, 2.45) is 0 Å². The van der Waals surface area contributed by atoms with E-state index in [4.69, 9.17) is 19.9 Å². The van der Waals surface area contributed by atoms with Crippen molar-refractivity contribution >= 4 is 11.7 Å². The number of ether oxygens (including phenoxy) is 3. The molecule has 0 aliphatic rings.